The summed E-state index contributed by atoms with van der Waals surface area (Å²) in [7, 11) is 0. The van der Waals surface area contributed by atoms with Gasteiger partial charge in [0.15, 0.2) is 0 Å². The van der Waals surface area contributed by atoms with E-state index in [1.54, 1.807) is 0 Å². The summed E-state index contributed by atoms with van der Waals surface area (Å²) in [4.78, 5) is 24.1. The van der Waals surface area contributed by atoms with Gasteiger partial charge in [-0.15, -0.1) is 0 Å². The molecule has 2 fully saturated rings. The zero-order valence-corrected chi connectivity index (χ0v) is 12.2. The Bertz CT molecular complexity index is 361. The summed E-state index contributed by atoms with van der Waals surface area (Å²) in [5.74, 6) is -1.10. The van der Waals surface area contributed by atoms with E-state index in [1.165, 1.54) is 0 Å². The van der Waals surface area contributed by atoms with Crippen molar-refractivity contribution < 1.29 is 19.4 Å². The molecule has 2 rings (SSSR count). The van der Waals surface area contributed by atoms with Gasteiger partial charge in [0.1, 0.15) is 5.54 Å². The summed E-state index contributed by atoms with van der Waals surface area (Å²) in [6.07, 6.45) is 6.40. The van der Waals surface area contributed by atoms with E-state index in [0.29, 0.717) is 32.3 Å². The Labute approximate surface area is 120 Å². The fourth-order valence-electron chi connectivity index (χ4n) is 3.30. The number of hydrogen-bond donors (Lipinski definition) is 2. The molecule has 5 nitrogen and oxygen atoms in total. The highest BCUT2D eigenvalue weighted by Crippen LogP contribution is 2.29. The molecular weight excluding hydrogens is 258 g/mol. The van der Waals surface area contributed by atoms with Gasteiger partial charge in [-0.2, -0.15) is 0 Å². The predicted octanol–water partition coefficient (Wildman–Crippen LogP) is 2.10. The summed E-state index contributed by atoms with van der Waals surface area (Å²) in [5, 5.41) is 12.4. The standard InChI is InChI=1S/C15H25NO4/c1-11-10-12(6-9-20-11)13(17)16-15(14(18)19)7-4-2-3-5-8-15/h11-12H,2-10H2,1H3,(H,16,17)(H,18,19)/t11-,12-/m0/s1. The first-order chi connectivity index (χ1) is 9.53. The van der Waals surface area contributed by atoms with Gasteiger partial charge in [-0.05, 0) is 32.6 Å². The SMILES string of the molecule is C[C@H]1C[C@@H](C(=O)NC2(C(=O)O)CCCCCC2)CCO1. The molecule has 2 N–H and O–H groups in total. The summed E-state index contributed by atoms with van der Waals surface area (Å²) < 4.78 is 5.44. The van der Waals surface area contributed by atoms with Crippen molar-refractivity contribution in [3.8, 4) is 0 Å². The van der Waals surface area contributed by atoms with Crippen molar-refractivity contribution in [2.45, 2.75) is 69.9 Å². The molecule has 0 aromatic rings. The molecule has 2 aliphatic rings. The number of rotatable bonds is 3. The van der Waals surface area contributed by atoms with Gasteiger partial charge in [0.2, 0.25) is 5.91 Å². The number of carboxylic acid groups (broad SMARTS) is 1. The molecule has 20 heavy (non-hydrogen) atoms. The van der Waals surface area contributed by atoms with E-state index < -0.39 is 11.5 Å². The average molecular weight is 283 g/mol. The lowest BCUT2D eigenvalue weighted by Gasteiger charge is -2.33. The lowest BCUT2D eigenvalue weighted by molar-refractivity contribution is -0.150. The van der Waals surface area contributed by atoms with Crippen LogP contribution in [-0.2, 0) is 14.3 Å². The van der Waals surface area contributed by atoms with Crippen LogP contribution in [0.15, 0.2) is 0 Å². The molecule has 1 saturated carbocycles. The van der Waals surface area contributed by atoms with E-state index in [-0.39, 0.29) is 17.9 Å². The molecule has 114 valence electrons. The van der Waals surface area contributed by atoms with Crippen LogP contribution in [0.25, 0.3) is 0 Å². The molecule has 1 saturated heterocycles. The number of carbonyl (C=O) groups is 2. The molecular formula is C15H25NO4. The average Bonchev–Trinajstić information content (AvgIpc) is 2.65. The van der Waals surface area contributed by atoms with Crippen molar-refractivity contribution >= 4 is 11.9 Å². The second kappa shape index (κ2) is 6.57. The zero-order valence-electron chi connectivity index (χ0n) is 12.2. The van der Waals surface area contributed by atoms with Gasteiger partial charge in [0.25, 0.3) is 0 Å². The predicted molar refractivity (Wildman–Crippen MR) is 74.3 cm³/mol. The minimum absolute atomic E-state index is 0.0782. The summed E-state index contributed by atoms with van der Waals surface area (Å²) >= 11 is 0. The lowest BCUT2D eigenvalue weighted by atomic mass is 9.88. The number of carbonyl (C=O) groups excluding carboxylic acids is 1. The molecule has 1 aliphatic heterocycles. The van der Waals surface area contributed by atoms with Gasteiger partial charge in [-0.1, -0.05) is 25.7 Å². The summed E-state index contributed by atoms with van der Waals surface area (Å²) in [6, 6.07) is 0. The highest BCUT2D eigenvalue weighted by atomic mass is 16.5. The normalized spacial score (nSPS) is 30.2. The molecule has 0 bridgehead atoms. The third-order valence-corrected chi connectivity index (χ3v) is 4.58. The Morgan fingerprint density at radius 2 is 1.85 bits per heavy atom. The first-order valence-electron chi connectivity index (χ1n) is 7.70. The quantitative estimate of drug-likeness (QED) is 0.778. The van der Waals surface area contributed by atoms with E-state index in [1.807, 2.05) is 6.92 Å². The fraction of sp³-hybridized carbons (Fsp3) is 0.867. The molecule has 1 aliphatic carbocycles. The highest BCUT2D eigenvalue weighted by molar-refractivity contribution is 5.88. The molecule has 0 radical (unpaired) electrons. The number of amides is 1. The van der Waals surface area contributed by atoms with Crippen LogP contribution in [0.2, 0.25) is 0 Å². The number of hydrogen-bond acceptors (Lipinski definition) is 3. The summed E-state index contributed by atoms with van der Waals surface area (Å²) in [5.41, 5.74) is -1.05. The van der Waals surface area contributed by atoms with Gasteiger partial charge >= 0.3 is 5.97 Å². The lowest BCUT2D eigenvalue weighted by Crippen LogP contribution is -2.56. The van der Waals surface area contributed by atoms with Crippen LogP contribution in [0, 0.1) is 5.92 Å². The maximum absolute atomic E-state index is 12.4. The van der Waals surface area contributed by atoms with Crippen LogP contribution in [0.3, 0.4) is 0 Å². The number of ether oxygens (including phenoxy) is 1. The monoisotopic (exact) mass is 283 g/mol. The number of aliphatic carboxylic acids is 1. The Morgan fingerprint density at radius 1 is 1.20 bits per heavy atom. The molecule has 0 spiro atoms. The third-order valence-electron chi connectivity index (χ3n) is 4.58. The molecule has 0 aromatic carbocycles. The van der Waals surface area contributed by atoms with E-state index in [0.717, 1.165) is 25.7 Å². The molecule has 2 atom stereocenters. The van der Waals surface area contributed by atoms with Gasteiger partial charge in [-0.3, -0.25) is 4.79 Å². The minimum atomic E-state index is -1.05. The zero-order chi connectivity index (χ0) is 14.6. The Balaban J connectivity index is 2.03. The third kappa shape index (κ3) is 3.51. The van der Waals surface area contributed by atoms with Crippen LogP contribution < -0.4 is 5.32 Å². The molecule has 1 amide bonds. The van der Waals surface area contributed by atoms with Crippen LogP contribution in [-0.4, -0.2) is 35.2 Å². The van der Waals surface area contributed by atoms with Crippen LogP contribution in [0.5, 0.6) is 0 Å². The van der Waals surface area contributed by atoms with Crippen molar-refractivity contribution in [2.75, 3.05) is 6.61 Å². The number of carboxylic acids is 1. The topological polar surface area (TPSA) is 75.6 Å². The van der Waals surface area contributed by atoms with Gasteiger partial charge in [0.05, 0.1) is 6.10 Å². The Morgan fingerprint density at radius 3 is 2.40 bits per heavy atom. The van der Waals surface area contributed by atoms with Crippen molar-refractivity contribution in [1.29, 1.82) is 0 Å². The van der Waals surface area contributed by atoms with Gasteiger partial charge in [0, 0.05) is 12.5 Å². The van der Waals surface area contributed by atoms with Gasteiger partial charge < -0.3 is 15.2 Å². The van der Waals surface area contributed by atoms with Crippen molar-refractivity contribution in [1.82, 2.24) is 5.32 Å². The smallest absolute Gasteiger partial charge is 0.329 e. The maximum Gasteiger partial charge on any atom is 0.329 e. The Kier molecular flexibility index (Phi) is 5.02. The first kappa shape index (κ1) is 15.3. The van der Waals surface area contributed by atoms with Gasteiger partial charge in [-0.25, -0.2) is 4.79 Å². The summed E-state index contributed by atoms with van der Waals surface area (Å²) in [6.45, 7) is 2.54. The van der Waals surface area contributed by atoms with E-state index in [2.05, 4.69) is 5.32 Å². The molecule has 0 aromatic heterocycles. The number of nitrogens with one attached hydrogen (secondary N) is 1. The van der Waals surface area contributed by atoms with E-state index in [4.69, 9.17) is 4.74 Å². The molecule has 5 heteroatoms. The van der Waals surface area contributed by atoms with E-state index in [9.17, 15) is 14.7 Å². The molecule has 1 heterocycles. The van der Waals surface area contributed by atoms with E-state index >= 15 is 0 Å². The maximum atomic E-state index is 12.4. The van der Waals surface area contributed by atoms with Crippen molar-refractivity contribution in [3.63, 3.8) is 0 Å². The second-order valence-corrected chi connectivity index (χ2v) is 6.19. The van der Waals surface area contributed by atoms with Crippen molar-refractivity contribution in [2.24, 2.45) is 5.92 Å². The van der Waals surface area contributed by atoms with Crippen LogP contribution in [0.1, 0.15) is 58.3 Å². The first-order valence-corrected chi connectivity index (χ1v) is 7.70. The second-order valence-electron chi connectivity index (χ2n) is 6.19. The molecule has 0 unspecified atom stereocenters. The Hall–Kier alpha value is -1.10. The van der Waals surface area contributed by atoms with Crippen LogP contribution in [0.4, 0.5) is 0 Å². The van der Waals surface area contributed by atoms with Crippen LogP contribution >= 0.6 is 0 Å². The highest BCUT2D eigenvalue weighted by Gasteiger charge is 2.41. The van der Waals surface area contributed by atoms with Crippen molar-refractivity contribution in [3.05, 3.63) is 0 Å². The minimum Gasteiger partial charge on any atom is -0.480 e. The largest absolute Gasteiger partial charge is 0.480 e. The fourth-order valence-corrected chi connectivity index (χ4v) is 3.30.